The van der Waals surface area contributed by atoms with Gasteiger partial charge in [-0.05, 0) is 48.2 Å². The van der Waals surface area contributed by atoms with Crippen LogP contribution in [0.5, 0.6) is 0 Å². The first-order valence-electron chi connectivity index (χ1n) is 6.38. The molecule has 0 aromatic heterocycles. The van der Waals surface area contributed by atoms with Gasteiger partial charge in [0.1, 0.15) is 0 Å². The molecule has 110 valence electrons. The molecular formula is C16H16ClNO2S. The van der Waals surface area contributed by atoms with Gasteiger partial charge in [-0.3, -0.25) is 0 Å². The largest absolute Gasteiger partial charge is 0.467 e. The third-order valence-corrected chi connectivity index (χ3v) is 4.04. The maximum atomic E-state index is 12.0. The molecule has 0 aliphatic heterocycles. The number of esters is 1. The molecule has 0 fully saturated rings. The minimum atomic E-state index is -0.549. The average molecular weight is 322 g/mol. The third-order valence-electron chi connectivity index (χ3n) is 3.04. The molecule has 21 heavy (non-hydrogen) atoms. The molecular weight excluding hydrogens is 306 g/mol. The number of methoxy groups -OCH3 is 1. The van der Waals surface area contributed by atoms with E-state index in [2.05, 4.69) is 5.32 Å². The Bertz CT molecular complexity index is 599. The van der Waals surface area contributed by atoms with E-state index in [1.165, 1.54) is 7.11 Å². The van der Waals surface area contributed by atoms with Crippen LogP contribution in [0, 0.1) is 0 Å². The summed E-state index contributed by atoms with van der Waals surface area (Å²) in [5.74, 6) is -0.332. The fraction of sp³-hybridized carbons (Fsp3) is 0.188. The number of ether oxygens (including phenoxy) is 1. The van der Waals surface area contributed by atoms with Crippen molar-refractivity contribution in [2.24, 2.45) is 0 Å². The van der Waals surface area contributed by atoms with E-state index < -0.39 is 6.04 Å². The molecule has 0 aliphatic rings. The highest BCUT2D eigenvalue weighted by molar-refractivity contribution is 7.98. The minimum Gasteiger partial charge on any atom is -0.467 e. The molecule has 0 amide bonds. The van der Waals surface area contributed by atoms with Crippen LogP contribution in [0.3, 0.4) is 0 Å². The number of halogens is 1. The molecule has 3 nitrogen and oxygen atoms in total. The van der Waals surface area contributed by atoms with Crippen molar-refractivity contribution < 1.29 is 9.53 Å². The van der Waals surface area contributed by atoms with Gasteiger partial charge in [-0.15, -0.1) is 11.8 Å². The van der Waals surface area contributed by atoms with Crippen LogP contribution in [0.4, 0.5) is 5.69 Å². The summed E-state index contributed by atoms with van der Waals surface area (Å²) in [5.41, 5.74) is 1.67. The molecule has 0 radical (unpaired) electrons. The van der Waals surface area contributed by atoms with Gasteiger partial charge in [-0.2, -0.15) is 0 Å². The van der Waals surface area contributed by atoms with Gasteiger partial charge in [0.25, 0.3) is 0 Å². The van der Waals surface area contributed by atoms with Crippen molar-refractivity contribution in [2.45, 2.75) is 10.9 Å². The van der Waals surface area contributed by atoms with Gasteiger partial charge in [0.05, 0.1) is 7.11 Å². The highest BCUT2D eigenvalue weighted by atomic mass is 35.5. The van der Waals surface area contributed by atoms with Crippen LogP contribution in [0.25, 0.3) is 0 Å². The monoisotopic (exact) mass is 321 g/mol. The molecule has 2 aromatic rings. The van der Waals surface area contributed by atoms with Crippen LogP contribution < -0.4 is 5.32 Å². The lowest BCUT2D eigenvalue weighted by atomic mass is 10.1. The van der Waals surface area contributed by atoms with Gasteiger partial charge in [0.2, 0.25) is 0 Å². The van der Waals surface area contributed by atoms with Crippen LogP contribution in [-0.2, 0) is 9.53 Å². The van der Waals surface area contributed by atoms with Crippen LogP contribution in [0.1, 0.15) is 11.6 Å². The van der Waals surface area contributed by atoms with Crippen LogP contribution in [0.2, 0.25) is 5.02 Å². The summed E-state index contributed by atoms with van der Waals surface area (Å²) in [7, 11) is 1.38. The molecule has 2 aromatic carbocycles. The Morgan fingerprint density at radius 1 is 1.14 bits per heavy atom. The number of nitrogens with one attached hydrogen (secondary N) is 1. The summed E-state index contributed by atoms with van der Waals surface area (Å²) in [6.07, 6.45) is 2.01. The van der Waals surface area contributed by atoms with Crippen molar-refractivity contribution >= 4 is 35.0 Å². The van der Waals surface area contributed by atoms with Gasteiger partial charge < -0.3 is 10.1 Å². The minimum absolute atomic E-state index is 0.332. The second-order valence-corrected chi connectivity index (χ2v) is 5.70. The highest BCUT2D eigenvalue weighted by Crippen LogP contribution is 2.24. The molecule has 1 unspecified atom stereocenters. The zero-order valence-corrected chi connectivity index (χ0v) is 13.4. The maximum Gasteiger partial charge on any atom is 0.332 e. The Hall–Kier alpha value is -1.65. The van der Waals surface area contributed by atoms with Gasteiger partial charge in [-0.1, -0.05) is 23.7 Å². The SMILES string of the molecule is COC(=O)C(Nc1ccc(Cl)cc1)c1ccc(SC)cc1. The van der Waals surface area contributed by atoms with Gasteiger partial charge >= 0.3 is 5.97 Å². The highest BCUT2D eigenvalue weighted by Gasteiger charge is 2.21. The number of carbonyl (C=O) groups excluding carboxylic acids is 1. The van der Waals surface area contributed by atoms with Crippen molar-refractivity contribution in [3.05, 3.63) is 59.1 Å². The number of anilines is 1. The zero-order chi connectivity index (χ0) is 15.2. The van der Waals surface area contributed by atoms with Crippen molar-refractivity contribution in [3.63, 3.8) is 0 Å². The first kappa shape index (κ1) is 15.7. The van der Waals surface area contributed by atoms with Gasteiger partial charge in [0, 0.05) is 15.6 Å². The molecule has 2 rings (SSSR count). The average Bonchev–Trinajstić information content (AvgIpc) is 2.54. The van der Waals surface area contributed by atoms with E-state index in [1.807, 2.05) is 42.7 Å². The Labute approximate surface area is 133 Å². The summed E-state index contributed by atoms with van der Waals surface area (Å²) in [5, 5.41) is 3.82. The summed E-state index contributed by atoms with van der Waals surface area (Å²) < 4.78 is 4.89. The predicted octanol–water partition coefficient (Wildman–Crippen LogP) is 4.39. The van der Waals surface area contributed by atoms with Crippen LogP contribution in [0.15, 0.2) is 53.4 Å². The van der Waals surface area contributed by atoms with E-state index in [9.17, 15) is 4.79 Å². The number of hydrogen-bond donors (Lipinski definition) is 1. The number of hydrogen-bond acceptors (Lipinski definition) is 4. The first-order chi connectivity index (χ1) is 10.1. The second-order valence-electron chi connectivity index (χ2n) is 4.38. The smallest absolute Gasteiger partial charge is 0.332 e. The molecule has 1 N–H and O–H groups in total. The summed E-state index contributed by atoms with van der Waals surface area (Å²) in [4.78, 5) is 13.2. The third kappa shape index (κ3) is 4.16. The Kier molecular flexibility index (Phi) is 5.53. The van der Waals surface area contributed by atoms with E-state index in [1.54, 1.807) is 23.9 Å². The topological polar surface area (TPSA) is 38.3 Å². The first-order valence-corrected chi connectivity index (χ1v) is 7.98. The molecule has 5 heteroatoms. The second kappa shape index (κ2) is 7.38. The lowest BCUT2D eigenvalue weighted by Crippen LogP contribution is -2.22. The lowest BCUT2D eigenvalue weighted by Gasteiger charge is -2.18. The lowest BCUT2D eigenvalue weighted by molar-refractivity contribution is -0.141. The Morgan fingerprint density at radius 2 is 1.76 bits per heavy atom. The van der Waals surface area contributed by atoms with Crippen molar-refractivity contribution in [2.75, 3.05) is 18.7 Å². The summed E-state index contributed by atoms with van der Waals surface area (Å²) >= 11 is 7.52. The molecule has 0 saturated heterocycles. The molecule has 0 saturated carbocycles. The number of rotatable bonds is 5. The molecule has 0 aliphatic carbocycles. The standard InChI is InChI=1S/C16H16ClNO2S/c1-20-16(19)15(11-3-9-14(21-2)10-4-11)18-13-7-5-12(17)6-8-13/h3-10,15,18H,1-2H3. The van der Waals surface area contributed by atoms with Crippen LogP contribution >= 0.6 is 23.4 Å². The maximum absolute atomic E-state index is 12.0. The van der Waals surface area contributed by atoms with E-state index in [0.717, 1.165) is 16.1 Å². The quantitative estimate of drug-likeness (QED) is 0.655. The van der Waals surface area contributed by atoms with E-state index in [-0.39, 0.29) is 5.97 Å². The van der Waals surface area contributed by atoms with Crippen molar-refractivity contribution in [3.8, 4) is 0 Å². The number of thioether (sulfide) groups is 1. The van der Waals surface area contributed by atoms with Gasteiger partial charge in [-0.25, -0.2) is 4.79 Å². The van der Waals surface area contributed by atoms with Crippen molar-refractivity contribution in [1.82, 2.24) is 0 Å². The molecule has 1 atom stereocenters. The van der Waals surface area contributed by atoms with E-state index in [0.29, 0.717) is 5.02 Å². The molecule has 0 bridgehead atoms. The summed E-state index contributed by atoms with van der Waals surface area (Å²) in [6, 6.07) is 14.5. The predicted molar refractivity (Wildman–Crippen MR) is 88.1 cm³/mol. The Morgan fingerprint density at radius 3 is 2.29 bits per heavy atom. The fourth-order valence-electron chi connectivity index (χ4n) is 1.91. The zero-order valence-electron chi connectivity index (χ0n) is 11.8. The fourth-order valence-corrected chi connectivity index (χ4v) is 2.44. The van der Waals surface area contributed by atoms with Crippen molar-refractivity contribution in [1.29, 1.82) is 0 Å². The van der Waals surface area contributed by atoms with Crippen LogP contribution in [-0.4, -0.2) is 19.3 Å². The molecule has 0 heterocycles. The number of benzene rings is 2. The normalized spacial score (nSPS) is 11.8. The van der Waals surface area contributed by atoms with E-state index >= 15 is 0 Å². The number of carbonyl (C=O) groups is 1. The summed E-state index contributed by atoms with van der Waals surface area (Å²) in [6.45, 7) is 0. The van der Waals surface area contributed by atoms with Gasteiger partial charge in [0.15, 0.2) is 6.04 Å². The molecule has 0 spiro atoms. The van der Waals surface area contributed by atoms with E-state index in [4.69, 9.17) is 16.3 Å². The Balaban J connectivity index is 2.25.